The number of fused-ring (bicyclic) bond motifs is 3. The van der Waals surface area contributed by atoms with Gasteiger partial charge in [-0.3, -0.25) is 9.59 Å². The second-order valence-corrected chi connectivity index (χ2v) is 16.5. The molecule has 3 aliphatic heterocycles. The third-order valence-electron chi connectivity index (χ3n) is 12.3. The van der Waals surface area contributed by atoms with E-state index in [4.69, 9.17) is 14.2 Å². The summed E-state index contributed by atoms with van der Waals surface area (Å²) in [5.41, 5.74) is 1.04. The Balaban J connectivity index is 1.59. The van der Waals surface area contributed by atoms with E-state index in [1.165, 1.54) is 0 Å². The van der Waals surface area contributed by atoms with Crippen LogP contribution in [0.25, 0.3) is 0 Å². The number of amides is 1. The second-order valence-electron chi connectivity index (χ2n) is 16.5. The van der Waals surface area contributed by atoms with Gasteiger partial charge in [-0.15, -0.1) is 0 Å². The van der Waals surface area contributed by atoms with Gasteiger partial charge < -0.3 is 29.3 Å². The maximum atomic E-state index is 14.1. The maximum Gasteiger partial charge on any atom is 0.329 e. The average Bonchev–Trinajstić information content (AvgIpc) is 3.10. The Labute approximate surface area is 307 Å². The molecular weight excluding hydrogens is 646 g/mol. The van der Waals surface area contributed by atoms with Crippen LogP contribution in [0.1, 0.15) is 131 Å². The number of piperidine rings is 1. The maximum absolute atomic E-state index is 14.1. The fraction of sp³-hybridized carbons (Fsp3) is 0.786. The molecule has 1 aliphatic carbocycles. The molecule has 0 aromatic carbocycles. The summed E-state index contributed by atoms with van der Waals surface area (Å²) in [5.74, 6) is -2.14. The van der Waals surface area contributed by atoms with Crippen molar-refractivity contribution in [2.45, 2.75) is 167 Å². The van der Waals surface area contributed by atoms with Crippen molar-refractivity contribution >= 4 is 17.7 Å². The van der Waals surface area contributed by atoms with Crippen LogP contribution in [-0.2, 0) is 28.6 Å². The minimum atomic E-state index is -1.66. The van der Waals surface area contributed by atoms with Gasteiger partial charge in [0.05, 0.1) is 24.7 Å². The molecule has 51 heavy (non-hydrogen) atoms. The van der Waals surface area contributed by atoms with Gasteiger partial charge in [-0.2, -0.15) is 0 Å². The minimum absolute atomic E-state index is 0.0481. The number of nitrogens with zero attached hydrogens (tertiary/aromatic N) is 1. The van der Waals surface area contributed by atoms with Crippen molar-refractivity contribution < 1.29 is 38.8 Å². The molecule has 288 valence electrons. The molecule has 1 saturated carbocycles. The number of ether oxygens (including phenoxy) is 3. The molecule has 1 amide bonds. The van der Waals surface area contributed by atoms with Crippen LogP contribution in [-0.4, -0.2) is 82.7 Å². The van der Waals surface area contributed by atoms with Gasteiger partial charge in [0.15, 0.2) is 5.79 Å². The number of cyclic esters (lactones) is 1. The van der Waals surface area contributed by atoms with E-state index in [0.717, 1.165) is 69.8 Å². The molecule has 1 unspecified atom stereocenters. The van der Waals surface area contributed by atoms with Crippen LogP contribution in [0, 0.1) is 29.6 Å². The number of rotatable bonds is 4. The minimum Gasteiger partial charge on any atom is -0.460 e. The molecule has 0 aromatic heterocycles. The van der Waals surface area contributed by atoms with Crippen LogP contribution in [0.3, 0.4) is 0 Å². The molecular formula is C42H67NO8. The highest BCUT2D eigenvalue weighted by Crippen LogP contribution is 2.38. The summed E-state index contributed by atoms with van der Waals surface area (Å²) < 4.78 is 18.5. The predicted molar refractivity (Wildman–Crippen MR) is 198 cm³/mol. The zero-order valence-electron chi connectivity index (χ0n) is 32.3. The van der Waals surface area contributed by atoms with Crippen molar-refractivity contribution in [3.63, 3.8) is 0 Å². The molecule has 2 bridgehead atoms. The molecule has 0 spiro atoms. The summed E-state index contributed by atoms with van der Waals surface area (Å²) >= 11 is 0. The van der Waals surface area contributed by atoms with Crippen molar-refractivity contribution in [2.75, 3.05) is 13.7 Å². The van der Waals surface area contributed by atoms with Crippen molar-refractivity contribution in [1.82, 2.24) is 4.90 Å². The number of allylic oxidation sites excluding steroid dienone is 5. The van der Waals surface area contributed by atoms with Crippen LogP contribution in [0.15, 0.2) is 36.0 Å². The first-order valence-corrected chi connectivity index (χ1v) is 19.9. The quantitative estimate of drug-likeness (QED) is 0.293. The Bertz CT molecular complexity index is 1240. The van der Waals surface area contributed by atoms with Crippen molar-refractivity contribution in [1.29, 1.82) is 0 Å². The van der Waals surface area contributed by atoms with Crippen LogP contribution in [0.4, 0.5) is 0 Å². The van der Waals surface area contributed by atoms with E-state index in [-0.39, 0.29) is 60.6 Å². The zero-order chi connectivity index (χ0) is 37.1. The predicted octanol–water partition coefficient (Wildman–Crippen LogP) is 7.24. The van der Waals surface area contributed by atoms with E-state index in [1.54, 1.807) is 12.0 Å². The number of carbonyl (C=O) groups is 3. The van der Waals surface area contributed by atoms with Crippen molar-refractivity contribution in [3.8, 4) is 0 Å². The topological polar surface area (TPSA) is 123 Å². The van der Waals surface area contributed by atoms with Gasteiger partial charge in [-0.1, -0.05) is 58.1 Å². The van der Waals surface area contributed by atoms with Crippen LogP contribution >= 0.6 is 0 Å². The largest absolute Gasteiger partial charge is 0.460 e. The molecule has 2 saturated heterocycles. The van der Waals surface area contributed by atoms with Crippen LogP contribution in [0.2, 0.25) is 0 Å². The van der Waals surface area contributed by atoms with E-state index in [9.17, 15) is 24.6 Å². The monoisotopic (exact) mass is 713 g/mol. The van der Waals surface area contributed by atoms with E-state index in [0.29, 0.717) is 37.6 Å². The Morgan fingerprint density at radius 2 is 1.71 bits per heavy atom. The lowest BCUT2D eigenvalue weighted by Gasteiger charge is -2.44. The van der Waals surface area contributed by atoms with Gasteiger partial charge >= 0.3 is 5.97 Å². The average molecular weight is 714 g/mol. The molecule has 3 fully saturated rings. The Hall–Kier alpha value is -2.33. The number of hydrogen-bond acceptors (Lipinski definition) is 8. The van der Waals surface area contributed by atoms with Gasteiger partial charge in [-0.05, 0) is 107 Å². The smallest absolute Gasteiger partial charge is 0.329 e. The Kier molecular flexibility index (Phi) is 16.0. The van der Waals surface area contributed by atoms with Gasteiger partial charge in [-0.25, -0.2) is 4.79 Å². The molecule has 0 radical (unpaired) electrons. The number of ketones is 1. The lowest BCUT2D eigenvalue weighted by atomic mass is 9.79. The zero-order valence-corrected chi connectivity index (χ0v) is 32.3. The molecule has 3 heterocycles. The lowest BCUT2D eigenvalue weighted by molar-refractivity contribution is -0.284. The first kappa shape index (κ1) is 41.4. The van der Waals surface area contributed by atoms with Gasteiger partial charge in [0.25, 0.3) is 0 Å². The first-order valence-electron chi connectivity index (χ1n) is 19.9. The Morgan fingerprint density at radius 3 is 2.43 bits per heavy atom. The first-order chi connectivity index (χ1) is 24.3. The normalized spacial score (nSPS) is 40.2. The highest BCUT2D eigenvalue weighted by molar-refractivity contribution is 5.86. The summed E-state index contributed by atoms with van der Waals surface area (Å²) in [6.45, 7) is 10.5. The Morgan fingerprint density at radius 1 is 0.961 bits per heavy atom. The number of carbonyl (C=O) groups excluding carboxylic acids is 3. The third-order valence-corrected chi connectivity index (χ3v) is 12.3. The second kappa shape index (κ2) is 19.7. The number of methoxy groups -OCH3 is 1. The standard InChI is InChI=1S/C42H67NO8/c1-28-12-8-7-9-13-30(3)38(49-6)25-35-22-17-32(5)42(48,51-35)27-40(46)43-23-11-10-14-36(43)41(47)50-39(26-37(45)29(2)16-15-28)31(4)24-33-18-20-34(44)21-19-33/h7-9,12-13,28-29,31-36,38-39,44,48H,10-11,14-27H2,1-6H3/b9-7+,12-8+,30-13+/t28-,29-,31-,32-,33?,34?,35+,36+,38+,39?,42+/m1/s1. The van der Waals surface area contributed by atoms with Gasteiger partial charge in [0, 0.05) is 38.3 Å². The third kappa shape index (κ3) is 12.1. The van der Waals surface area contributed by atoms with E-state index >= 15 is 0 Å². The fourth-order valence-corrected chi connectivity index (χ4v) is 8.45. The number of aliphatic hydroxyl groups excluding tert-OH is 1. The number of hydrogen-bond donors (Lipinski definition) is 2. The van der Waals surface area contributed by atoms with Crippen molar-refractivity contribution in [3.05, 3.63) is 36.0 Å². The molecule has 2 N–H and O–H groups in total. The van der Waals surface area contributed by atoms with Gasteiger partial charge in [0.2, 0.25) is 5.91 Å². The highest BCUT2D eigenvalue weighted by Gasteiger charge is 2.46. The summed E-state index contributed by atoms with van der Waals surface area (Å²) in [5, 5.41) is 21.9. The molecule has 9 nitrogen and oxygen atoms in total. The fourth-order valence-electron chi connectivity index (χ4n) is 8.45. The number of Topliss-reactive ketones (excluding diaryl/α,β-unsaturated/α-hetero) is 1. The van der Waals surface area contributed by atoms with Gasteiger partial charge in [0.1, 0.15) is 17.9 Å². The molecule has 0 aromatic rings. The lowest BCUT2D eigenvalue weighted by Crippen LogP contribution is -2.55. The number of esters is 1. The van der Waals surface area contributed by atoms with E-state index in [2.05, 4.69) is 19.9 Å². The molecule has 4 aliphatic rings. The van der Waals surface area contributed by atoms with E-state index < -0.39 is 23.9 Å². The SMILES string of the molecule is CO[C@H]1C[C@@H]2CC[C@@H](C)[C@](O)(CC(=O)N3CCCC[C@H]3C(=O)OC([C@H](C)CC3CCC(O)CC3)CC(=O)[C@H](C)CC[C@H](C)/C=C/C=C/C=C/1C)O2. The summed E-state index contributed by atoms with van der Waals surface area (Å²) in [6.07, 6.45) is 18.7. The number of aliphatic hydroxyl groups is 2. The van der Waals surface area contributed by atoms with Crippen LogP contribution in [0.5, 0.6) is 0 Å². The molecule has 9 atom stereocenters. The van der Waals surface area contributed by atoms with E-state index in [1.807, 2.05) is 45.1 Å². The highest BCUT2D eigenvalue weighted by atomic mass is 16.6. The summed E-state index contributed by atoms with van der Waals surface area (Å²) in [6, 6.07) is -0.770. The molecule has 9 heteroatoms. The molecule has 4 rings (SSSR count). The van der Waals surface area contributed by atoms with Crippen LogP contribution < -0.4 is 0 Å². The summed E-state index contributed by atoms with van der Waals surface area (Å²) in [7, 11) is 1.68. The van der Waals surface area contributed by atoms with Crippen molar-refractivity contribution in [2.24, 2.45) is 29.6 Å². The summed E-state index contributed by atoms with van der Waals surface area (Å²) in [4.78, 5) is 43.3.